The van der Waals surface area contributed by atoms with Gasteiger partial charge in [0, 0.05) is 56.8 Å². The minimum Gasteiger partial charge on any atom is -0.390 e. The lowest BCUT2D eigenvalue weighted by molar-refractivity contribution is -0.132. The Labute approximate surface area is 192 Å². The molecule has 1 aromatic carbocycles. The van der Waals surface area contributed by atoms with Crippen LogP contribution in [0.2, 0.25) is 0 Å². The number of benzene rings is 1. The number of anilines is 1. The van der Waals surface area contributed by atoms with Crippen LogP contribution in [0.3, 0.4) is 0 Å². The Bertz CT molecular complexity index is 1030. The molecule has 2 N–H and O–H groups in total. The number of ketones is 2. The molecule has 32 heavy (non-hydrogen) atoms. The molecule has 0 atom stereocenters. The molecular weight excluding hydrogens is 426 g/mol. The van der Waals surface area contributed by atoms with E-state index in [1.807, 2.05) is 31.2 Å². The number of nitrogens with zero attached hydrogens (tertiary/aromatic N) is 2. The molecule has 2 aliphatic heterocycles. The average Bonchev–Trinajstić information content (AvgIpc) is 3.09. The number of Topliss-reactive ketones (excluding diaryl/α,β-unsaturated/α-hetero) is 1. The number of hydrogen-bond donors (Lipinski definition) is 1. The van der Waals surface area contributed by atoms with Gasteiger partial charge in [-0.05, 0) is 18.9 Å². The first-order chi connectivity index (χ1) is 15.2. The summed E-state index contributed by atoms with van der Waals surface area (Å²) in [6.45, 7) is 7.54. The van der Waals surface area contributed by atoms with Crippen molar-refractivity contribution in [1.29, 1.82) is 0 Å². The quantitative estimate of drug-likeness (QED) is 0.702. The minimum absolute atomic E-state index is 0.0220. The molecule has 0 saturated carbocycles. The minimum atomic E-state index is -0.0220. The first kappa shape index (κ1) is 23.7. The molecule has 0 spiro atoms. The Balaban J connectivity index is 0.000000243. The lowest BCUT2D eigenvalue weighted by Crippen LogP contribution is -2.36. The highest BCUT2D eigenvalue weighted by atomic mass is 32.1. The van der Waals surface area contributed by atoms with E-state index in [0.717, 1.165) is 16.0 Å². The molecule has 8 heteroatoms. The predicted octanol–water partition coefficient (Wildman–Crippen LogP) is 2.97. The van der Waals surface area contributed by atoms with E-state index in [2.05, 4.69) is 0 Å². The van der Waals surface area contributed by atoms with Crippen LogP contribution < -0.4 is 5.73 Å². The van der Waals surface area contributed by atoms with E-state index in [0.29, 0.717) is 61.6 Å². The molecule has 1 aromatic heterocycles. The fraction of sp³-hybridized carbons (Fsp3) is 0.417. The number of nitrogens with two attached hydrogens (primary N) is 1. The van der Waals surface area contributed by atoms with E-state index in [-0.39, 0.29) is 23.4 Å². The number of nitrogen functional groups attached to an aromatic ring is 1. The number of amides is 2. The van der Waals surface area contributed by atoms with E-state index in [9.17, 15) is 19.2 Å². The van der Waals surface area contributed by atoms with Crippen LogP contribution in [0, 0.1) is 6.92 Å². The van der Waals surface area contributed by atoms with E-state index in [4.69, 9.17) is 5.73 Å². The van der Waals surface area contributed by atoms with Crippen molar-refractivity contribution < 1.29 is 19.2 Å². The van der Waals surface area contributed by atoms with E-state index in [1.165, 1.54) is 18.3 Å². The van der Waals surface area contributed by atoms with Gasteiger partial charge >= 0.3 is 0 Å². The number of aryl methyl sites for hydroxylation is 1. The molecule has 3 heterocycles. The van der Waals surface area contributed by atoms with Gasteiger partial charge in [-0.25, -0.2) is 0 Å². The molecule has 2 amide bonds. The monoisotopic (exact) mass is 455 g/mol. The number of carbonyl (C=O) groups excluding carboxylic acids is 4. The number of hydrogen-bond acceptors (Lipinski definition) is 6. The average molecular weight is 456 g/mol. The molecule has 2 aromatic rings. The molecular formula is C24H29N3O4S. The van der Waals surface area contributed by atoms with Crippen molar-refractivity contribution in [2.45, 2.75) is 46.6 Å². The van der Waals surface area contributed by atoms with Crippen LogP contribution in [0.15, 0.2) is 24.3 Å². The van der Waals surface area contributed by atoms with Crippen LogP contribution in [0.1, 0.15) is 58.6 Å². The Morgan fingerprint density at radius 2 is 1.47 bits per heavy atom. The SMILES string of the molecule is CC(=O)N1CCC(=O)CC1.CC(=O)N1CCc2c(sc(N)c2C(=O)c2ccc(C)cc2)C1. The first-order valence-electron chi connectivity index (χ1n) is 10.7. The van der Waals surface area contributed by atoms with Crippen molar-refractivity contribution in [2.75, 3.05) is 25.4 Å². The van der Waals surface area contributed by atoms with Crippen molar-refractivity contribution in [2.24, 2.45) is 0 Å². The van der Waals surface area contributed by atoms with Crippen LogP contribution in [0.4, 0.5) is 5.00 Å². The predicted molar refractivity (Wildman–Crippen MR) is 125 cm³/mol. The van der Waals surface area contributed by atoms with Crippen molar-refractivity contribution in [3.63, 3.8) is 0 Å². The summed E-state index contributed by atoms with van der Waals surface area (Å²) in [6.07, 6.45) is 1.77. The van der Waals surface area contributed by atoms with Gasteiger partial charge in [0.05, 0.1) is 17.1 Å². The lowest BCUT2D eigenvalue weighted by atomic mass is 9.96. The number of thiophene rings is 1. The van der Waals surface area contributed by atoms with Crippen LogP contribution in [-0.2, 0) is 27.3 Å². The molecule has 1 fully saturated rings. The van der Waals surface area contributed by atoms with Gasteiger partial charge in [-0.1, -0.05) is 29.8 Å². The highest BCUT2D eigenvalue weighted by molar-refractivity contribution is 7.16. The zero-order valence-corrected chi connectivity index (χ0v) is 19.6. The second-order valence-corrected chi connectivity index (χ2v) is 9.31. The van der Waals surface area contributed by atoms with Crippen molar-refractivity contribution in [3.8, 4) is 0 Å². The summed E-state index contributed by atoms with van der Waals surface area (Å²) in [6, 6.07) is 7.54. The van der Waals surface area contributed by atoms with Crippen molar-refractivity contribution >= 4 is 39.7 Å². The first-order valence-corrected chi connectivity index (χ1v) is 11.5. The maximum atomic E-state index is 12.8. The van der Waals surface area contributed by atoms with E-state index < -0.39 is 0 Å². The summed E-state index contributed by atoms with van der Waals surface area (Å²) in [4.78, 5) is 50.2. The molecule has 7 nitrogen and oxygen atoms in total. The van der Waals surface area contributed by atoms with Gasteiger partial charge in [0.15, 0.2) is 5.78 Å². The maximum Gasteiger partial charge on any atom is 0.219 e. The number of rotatable bonds is 2. The van der Waals surface area contributed by atoms with Crippen LogP contribution >= 0.6 is 11.3 Å². The summed E-state index contributed by atoms with van der Waals surface area (Å²) < 4.78 is 0. The van der Waals surface area contributed by atoms with E-state index >= 15 is 0 Å². The van der Waals surface area contributed by atoms with Gasteiger partial charge in [0.25, 0.3) is 0 Å². The number of likely N-dealkylation sites (tertiary alicyclic amines) is 1. The van der Waals surface area contributed by atoms with Gasteiger partial charge in [-0.3, -0.25) is 19.2 Å². The molecule has 2 aliphatic rings. The Kier molecular flexibility index (Phi) is 7.45. The molecule has 4 rings (SSSR count). The Hall–Kier alpha value is -3.00. The zero-order valence-electron chi connectivity index (χ0n) is 18.8. The topological polar surface area (TPSA) is 101 Å². The van der Waals surface area contributed by atoms with Crippen LogP contribution in [0.25, 0.3) is 0 Å². The lowest BCUT2D eigenvalue weighted by Gasteiger charge is -2.26. The third kappa shape index (κ3) is 5.43. The summed E-state index contributed by atoms with van der Waals surface area (Å²) >= 11 is 1.43. The fourth-order valence-electron chi connectivity index (χ4n) is 3.86. The Morgan fingerprint density at radius 1 is 0.906 bits per heavy atom. The number of fused-ring (bicyclic) bond motifs is 1. The summed E-state index contributed by atoms with van der Waals surface area (Å²) in [7, 11) is 0. The summed E-state index contributed by atoms with van der Waals surface area (Å²) in [5.41, 5.74) is 9.53. The number of piperidine rings is 1. The van der Waals surface area contributed by atoms with Crippen LogP contribution in [0.5, 0.6) is 0 Å². The normalized spacial score (nSPS) is 15.5. The molecule has 170 valence electrons. The van der Waals surface area contributed by atoms with Gasteiger partial charge in [0.1, 0.15) is 5.78 Å². The molecule has 0 aliphatic carbocycles. The molecule has 1 saturated heterocycles. The van der Waals surface area contributed by atoms with Crippen molar-refractivity contribution in [1.82, 2.24) is 9.80 Å². The highest BCUT2D eigenvalue weighted by Gasteiger charge is 2.28. The smallest absolute Gasteiger partial charge is 0.219 e. The standard InChI is InChI=1S/C17H18N2O2S.C7H11NO2/c1-10-3-5-12(6-4-10)16(21)15-13-7-8-19(11(2)20)9-14(13)22-17(15)18;1-6(9)8-4-2-7(10)3-5-8/h3-6H,7-9,18H2,1-2H3;2-5H2,1H3. The van der Waals surface area contributed by atoms with Crippen LogP contribution in [-0.4, -0.2) is 52.8 Å². The van der Waals surface area contributed by atoms with Gasteiger partial charge in [-0.2, -0.15) is 0 Å². The van der Waals surface area contributed by atoms with Crippen molar-refractivity contribution in [3.05, 3.63) is 51.4 Å². The fourth-order valence-corrected chi connectivity index (χ4v) is 4.99. The third-order valence-electron chi connectivity index (χ3n) is 5.84. The zero-order chi connectivity index (χ0) is 23.4. The largest absolute Gasteiger partial charge is 0.390 e. The second kappa shape index (κ2) is 10.1. The summed E-state index contributed by atoms with van der Waals surface area (Å²) in [5, 5.41) is 0.556. The molecule has 0 bridgehead atoms. The summed E-state index contributed by atoms with van der Waals surface area (Å²) in [5.74, 6) is 0.389. The van der Waals surface area contributed by atoms with Gasteiger partial charge in [0.2, 0.25) is 11.8 Å². The van der Waals surface area contributed by atoms with Gasteiger partial charge < -0.3 is 15.5 Å². The maximum absolute atomic E-state index is 12.8. The van der Waals surface area contributed by atoms with E-state index in [1.54, 1.807) is 16.7 Å². The third-order valence-corrected chi connectivity index (χ3v) is 6.88. The number of carbonyl (C=O) groups is 4. The second-order valence-electron chi connectivity index (χ2n) is 8.17. The molecule has 0 radical (unpaired) electrons. The van der Waals surface area contributed by atoms with Gasteiger partial charge in [-0.15, -0.1) is 11.3 Å². The molecule has 0 unspecified atom stereocenters. The highest BCUT2D eigenvalue weighted by Crippen LogP contribution is 2.36. The Morgan fingerprint density at radius 3 is 2.03 bits per heavy atom.